The third-order valence-corrected chi connectivity index (χ3v) is 6.30. The number of anilines is 1. The fourth-order valence-corrected chi connectivity index (χ4v) is 4.50. The number of piperazine rings is 1. The SMILES string of the molecule is Cc1nc(C)n(-c2nc(N3CCN(C(=O)N4N=CCC4c4cc(F)cc(C#N)c4)CC3)ncc2C)n1. The Morgan fingerprint density at radius 2 is 1.89 bits per heavy atom. The Hall–Kier alpha value is -4.40. The summed E-state index contributed by atoms with van der Waals surface area (Å²) in [7, 11) is 0. The van der Waals surface area contributed by atoms with Gasteiger partial charge in [-0.1, -0.05) is 0 Å². The topological polar surface area (TPSA) is 119 Å². The summed E-state index contributed by atoms with van der Waals surface area (Å²) in [4.78, 5) is 30.7. The minimum Gasteiger partial charge on any atom is -0.337 e. The smallest absolute Gasteiger partial charge is 0.337 e. The first-order valence-corrected chi connectivity index (χ1v) is 11.6. The van der Waals surface area contributed by atoms with Gasteiger partial charge in [-0.3, -0.25) is 0 Å². The molecule has 2 aliphatic heterocycles. The van der Waals surface area contributed by atoms with Crippen LogP contribution in [0.4, 0.5) is 15.1 Å². The largest absolute Gasteiger partial charge is 0.341 e. The molecule has 12 heteroatoms. The van der Waals surface area contributed by atoms with Gasteiger partial charge in [-0.15, -0.1) is 5.10 Å². The zero-order valence-corrected chi connectivity index (χ0v) is 20.3. The molecule has 2 aromatic heterocycles. The van der Waals surface area contributed by atoms with E-state index < -0.39 is 11.9 Å². The average Bonchev–Trinajstić information content (AvgIpc) is 3.49. The van der Waals surface area contributed by atoms with Crippen molar-refractivity contribution in [2.24, 2.45) is 5.10 Å². The molecule has 0 aliphatic carbocycles. The maximum Gasteiger partial charge on any atom is 0.341 e. The number of halogens is 1. The normalized spacial score (nSPS) is 17.5. The summed E-state index contributed by atoms with van der Waals surface area (Å²) in [6.07, 6.45) is 3.87. The van der Waals surface area contributed by atoms with Crippen LogP contribution in [0.3, 0.4) is 0 Å². The van der Waals surface area contributed by atoms with Gasteiger partial charge in [-0.05, 0) is 44.5 Å². The molecule has 184 valence electrons. The van der Waals surface area contributed by atoms with Gasteiger partial charge in [-0.25, -0.2) is 24.2 Å². The van der Waals surface area contributed by atoms with E-state index >= 15 is 0 Å². The molecule has 11 nitrogen and oxygen atoms in total. The second-order valence-electron chi connectivity index (χ2n) is 8.83. The summed E-state index contributed by atoms with van der Waals surface area (Å²) in [5.74, 6) is 2.15. The van der Waals surface area contributed by atoms with E-state index in [4.69, 9.17) is 4.98 Å². The Morgan fingerprint density at radius 1 is 1.11 bits per heavy atom. The van der Waals surface area contributed by atoms with Crippen LogP contribution in [0.15, 0.2) is 29.5 Å². The number of amides is 2. The van der Waals surface area contributed by atoms with Crippen LogP contribution in [0, 0.1) is 37.9 Å². The Labute approximate surface area is 207 Å². The maximum atomic E-state index is 14.0. The third kappa shape index (κ3) is 4.35. The van der Waals surface area contributed by atoms with E-state index in [-0.39, 0.29) is 11.6 Å². The lowest BCUT2D eigenvalue weighted by atomic mass is 10.0. The number of benzene rings is 1. The first kappa shape index (κ1) is 23.3. The van der Waals surface area contributed by atoms with Gasteiger partial charge < -0.3 is 9.80 Å². The predicted octanol–water partition coefficient (Wildman–Crippen LogP) is 2.67. The van der Waals surface area contributed by atoms with Gasteiger partial charge in [0.05, 0.1) is 17.7 Å². The number of hydrazone groups is 1. The molecule has 2 aliphatic rings. The predicted molar refractivity (Wildman–Crippen MR) is 129 cm³/mol. The zero-order chi connectivity index (χ0) is 25.4. The highest BCUT2D eigenvalue weighted by atomic mass is 19.1. The van der Waals surface area contributed by atoms with Crippen molar-refractivity contribution in [2.45, 2.75) is 33.2 Å². The second kappa shape index (κ2) is 9.33. The van der Waals surface area contributed by atoms with Crippen LogP contribution in [-0.4, -0.2) is 73.1 Å². The highest BCUT2D eigenvalue weighted by Gasteiger charge is 2.34. The van der Waals surface area contributed by atoms with Gasteiger partial charge in [0.2, 0.25) is 5.95 Å². The van der Waals surface area contributed by atoms with Crippen molar-refractivity contribution in [3.05, 3.63) is 58.6 Å². The molecule has 0 spiro atoms. The van der Waals surface area contributed by atoms with E-state index in [0.29, 0.717) is 55.8 Å². The lowest BCUT2D eigenvalue weighted by molar-refractivity contribution is 0.139. The van der Waals surface area contributed by atoms with Gasteiger partial charge in [0.15, 0.2) is 5.82 Å². The van der Waals surface area contributed by atoms with Gasteiger partial charge in [0, 0.05) is 50.6 Å². The summed E-state index contributed by atoms with van der Waals surface area (Å²) in [6.45, 7) is 7.65. The summed E-state index contributed by atoms with van der Waals surface area (Å²) in [6, 6.07) is 5.39. The van der Waals surface area contributed by atoms with E-state index in [0.717, 1.165) is 11.4 Å². The molecular weight excluding hydrogens is 463 g/mol. The molecule has 1 fully saturated rings. The Morgan fingerprint density at radius 3 is 2.58 bits per heavy atom. The van der Waals surface area contributed by atoms with Crippen molar-refractivity contribution in [3.63, 3.8) is 0 Å². The lowest BCUT2D eigenvalue weighted by Gasteiger charge is -2.37. The molecule has 0 saturated carbocycles. The van der Waals surface area contributed by atoms with Crippen molar-refractivity contribution in [2.75, 3.05) is 31.1 Å². The van der Waals surface area contributed by atoms with Gasteiger partial charge in [0.25, 0.3) is 0 Å². The van der Waals surface area contributed by atoms with Crippen molar-refractivity contribution in [1.29, 1.82) is 5.26 Å². The van der Waals surface area contributed by atoms with Crippen molar-refractivity contribution >= 4 is 18.2 Å². The standard InChI is InChI=1S/C24H25FN10O/c1-15-14-27-23(30-22(15)34-17(3)29-16(2)31-34)32-6-8-33(9-7-32)24(36)35-21(4-5-28-35)19-10-18(13-26)11-20(25)12-19/h5,10-12,14,21H,4,6-9H2,1-3H3. The number of nitrogens with zero attached hydrogens (tertiary/aromatic N) is 10. The van der Waals surface area contributed by atoms with Crippen LogP contribution in [-0.2, 0) is 0 Å². The Kier molecular flexibility index (Phi) is 6.05. The molecule has 3 aromatic rings. The van der Waals surface area contributed by atoms with Crippen LogP contribution >= 0.6 is 0 Å². The van der Waals surface area contributed by atoms with E-state index in [1.807, 2.05) is 31.7 Å². The van der Waals surface area contributed by atoms with Gasteiger partial charge >= 0.3 is 6.03 Å². The quantitative estimate of drug-likeness (QED) is 0.556. The summed E-state index contributed by atoms with van der Waals surface area (Å²) in [5.41, 5.74) is 1.65. The molecule has 0 bridgehead atoms. The molecule has 1 aromatic carbocycles. The minimum atomic E-state index is -0.509. The highest BCUT2D eigenvalue weighted by Crippen LogP contribution is 2.30. The van der Waals surface area contributed by atoms with Crippen LogP contribution in [0.25, 0.3) is 5.82 Å². The number of aryl methyl sites for hydroxylation is 3. The van der Waals surface area contributed by atoms with Crippen LogP contribution < -0.4 is 4.90 Å². The first-order chi connectivity index (χ1) is 17.3. The number of carbonyl (C=O) groups excluding carboxylic acids is 1. The van der Waals surface area contributed by atoms with Gasteiger partial charge in [0.1, 0.15) is 17.5 Å². The summed E-state index contributed by atoms with van der Waals surface area (Å²) < 4.78 is 15.7. The molecule has 1 saturated heterocycles. The lowest BCUT2D eigenvalue weighted by Crippen LogP contribution is -2.52. The average molecular weight is 489 g/mol. The Bertz CT molecular complexity index is 1390. The molecule has 4 heterocycles. The number of rotatable bonds is 3. The molecular formula is C24H25FN10O. The van der Waals surface area contributed by atoms with E-state index in [9.17, 15) is 14.4 Å². The number of hydrogen-bond acceptors (Lipinski definition) is 8. The highest BCUT2D eigenvalue weighted by molar-refractivity contribution is 5.78. The van der Waals surface area contributed by atoms with Crippen molar-refractivity contribution in [3.8, 4) is 11.9 Å². The minimum absolute atomic E-state index is 0.214. The number of carbonyl (C=O) groups is 1. The maximum absolute atomic E-state index is 14.0. The van der Waals surface area contributed by atoms with Gasteiger partial charge in [-0.2, -0.15) is 20.0 Å². The number of urea groups is 1. The summed E-state index contributed by atoms with van der Waals surface area (Å²) in [5, 5.41) is 19.2. The first-order valence-electron chi connectivity index (χ1n) is 11.6. The van der Waals surface area contributed by atoms with Crippen LogP contribution in [0.1, 0.15) is 40.8 Å². The fraction of sp³-hybridized carbons (Fsp3) is 0.375. The van der Waals surface area contributed by atoms with E-state index in [1.165, 1.54) is 17.1 Å². The fourth-order valence-electron chi connectivity index (χ4n) is 4.50. The number of hydrogen-bond donors (Lipinski definition) is 0. The van der Waals surface area contributed by atoms with Crippen molar-refractivity contribution < 1.29 is 9.18 Å². The molecule has 0 radical (unpaired) electrons. The number of aromatic nitrogens is 5. The Balaban J connectivity index is 1.29. The molecule has 1 unspecified atom stereocenters. The number of nitriles is 1. The molecule has 1 atom stereocenters. The van der Waals surface area contributed by atoms with Crippen LogP contribution in [0.2, 0.25) is 0 Å². The van der Waals surface area contributed by atoms with Crippen LogP contribution in [0.5, 0.6) is 0 Å². The molecule has 36 heavy (non-hydrogen) atoms. The molecule has 0 N–H and O–H groups in total. The molecule has 5 rings (SSSR count). The second-order valence-corrected chi connectivity index (χ2v) is 8.83. The molecule has 2 amide bonds. The monoisotopic (exact) mass is 488 g/mol. The van der Waals surface area contributed by atoms with E-state index in [1.54, 1.807) is 28.1 Å². The third-order valence-electron chi connectivity index (χ3n) is 6.30. The zero-order valence-electron chi connectivity index (χ0n) is 20.3. The van der Waals surface area contributed by atoms with E-state index in [2.05, 4.69) is 20.2 Å². The summed E-state index contributed by atoms with van der Waals surface area (Å²) >= 11 is 0. The van der Waals surface area contributed by atoms with Crippen molar-refractivity contribution in [1.82, 2.24) is 34.6 Å².